The van der Waals surface area contributed by atoms with Crippen LogP contribution in [0.3, 0.4) is 0 Å². The van der Waals surface area contributed by atoms with Crippen LogP contribution < -0.4 is 5.73 Å². The van der Waals surface area contributed by atoms with Gasteiger partial charge in [0, 0.05) is 25.1 Å². The van der Waals surface area contributed by atoms with Crippen molar-refractivity contribution in [2.45, 2.75) is 5.92 Å². The van der Waals surface area contributed by atoms with Crippen LogP contribution >= 0.6 is 12.4 Å². The van der Waals surface area contributed by atoms with E-state index in [1.807, 2.05) is 23.1 Å². The van der Waals surface area contributed by atoms with Crippen molar-refractivity contribution in [1.29, 1.82) is 0 Å². The van der Waals surface area contributed by atoms with E-state index in [1.54, 1.807) is 6.07 Å². The molecule has 21 heavy (non-hydrogen) atoms. The van der Waals surface area contributed by atoms with Gasteiger partial charge in [0.25, 0.3) is 5.91 Å². The van der Waals surface area contributed by atoms with Crippen LogP contribution in [0.4, 0.5) is 0 Å². The molecule has 2 atom stereocenters. The minimum atomic E-state index is -0.0874. The van der Waals surface area contributed by atoms with Gasteiger partial charge in [-0.15, -0.1) is 12.4 Å². The number of rotatable bonds is 3. The van der Waals surface area contributed by atoms with E-state index in [2.05, 4.69) is 17.3 Å². The van der Waals surface area contributed by atoms with Crippen molar-refractivity contribution in [2.75, 3.05) is 19.6 Å². The molecule has 0 bridgehead atoms. The predicted octanol–water partition coefficient (Wildman–Crippen LogP) is 1.91. The summed E-state index contributed by atoms with van der Waals surface area (Å²) >= 11 is 0. The Bertz CT molecular complexity index is 574. The van der Waals surface area contributed by atoms with Gasteiger partial charge < -0.3 is 15.2 Å². The SMILES string of the molecule is Cl.NC[C@@H]1CN(C(=O)c2ccon2)C[C@H]1c1ccccc1. The van der Waals surface area contributed by atoms with Gasteiger partial charge in [0.2, 0.25) is 0 Å². The molecule has 0 spiro atoms. The topological polar surface area (TPSA) is 72.4 Å². The largest absolute Gasteiger partial charge is 0.364 e. The fourth-order valence-electron chi connectivity index (χ4n) is 2.84. The smallest absolute Gasteiger partial charge is 0.276 e. The molecular weight excluding hydrogens is 290 g/mol. The Hall–Kier alpha value is -1.85. The molecule has 3 rings (SSSR count). The van der Waals surface area contributed by atoms with Crippen molar-refractivity contribution < 1.29 is 9.32 Å². The molecule has 0 radical (unpaired) electrons. The van der Waals surface area contributed by atoms with Crippen molar-refractivity contribution in [3.63, 3.8) is 0 Å². The second-order valence-corrected chi connectivity index (χ2v) is 5.11. The van der Waals surface area contributed by atoms with Crippen molar-refractivity contribution >= 4 is 18.3 Å². The fraction of sp³-hybridized carbons (Fsp3) is 0.333. The molecule has 1 fully saturated rings. The zero-order valence-corrected chi connectivity index (χ0v) is 12.3. The molecule has 2 aromatic rings. The molecule has 0 saturated carbocycles. The molecule has 1 amide bonds. The summed E-state index contributed by atoms with van der Waals surface area (Å²) in [6.07, 6.45) is 1.42. The van der Waals surface area contributed by atoms with E-state index in [1.165, 1.54) is 11.8 Å². The van der Waals surface area contributed by atoms with Gasteiger partial charge in [-0.1, -0.05) is 35.5 Å². The Kier molecular flexibility index (Phi) is 4.98. The highest BCUT2D eigenvalue weighted by Gasteiger charge is 2.36. The summed E-state index contributed by atoms with van der Waals surface area (Å²) < 4.78 is 4.74. The maximum absolute atomic E-state index is 12.3. The molecule has 112 valence electrons. The zero-order chi connectivity index (χ0) is 13.9. The van der Waals surface area contributed by atoms with Crippen molar-refractivity contribution in [3.8, 4) is 0 Å². The molecular formula is C15H18ClN3O2. The summed E-state index contributed by atoms with van der Waals surface area (Å²) in [5.74, 6) is 0.487. The van der Waals surface area contributed by atoms with E-state index < -0.39 is 0 Å². The minimum Gasteiger partial charge on any atom is -0.364 e. The molecule has 2 N–H and O–H groups in total. The number of halogens is 1. The first-order chi connectivity index (χ1) is 9.79. The Balaban J connectivity index is 0.00000161. The molecule has 1 aromatic heterocycles. The van der Waals surface area contributed by atoms with Gasteiger partial charge in [-0.2, -0.15) is 0 Å². The molecule has 0 aliphatic carbocycles. The molecule has 5 nitrogen and oxygen atoms in total. The fourth-order valence-corrected chi connectivity index (χ4v) is 2.84. The van der Waals surface area contributed by atoms with E-state index >= 15 is 0 Å². The maximum atomic E-state index is 12.3. The van der Waals surface area contributed by atoms with Crippen molar-refractivity contribution in [3.05, 3.63) is 53.9 Å². The molecule has 1 saturated heterocycles. The first kappa shape index (κ1) is 15.5. The lowest BCUT2D eigenvalue weighted by Crippen LogP contribution is -2.30. The number of carbonyl (C=O) groups excluding carboxylic acids is 1. The molecule has 1 aliphatic rings. The van der Waals surface area contributed by atoms with Crippen LogP contribution in [0.5, 0.6) is 0 Å². The number of hydrogen-bond donors (Lipinski definition) is 1. The molecule has 6 heteroatoms. The van der Waals surface area contributed by atoms with Gasteiger partial charge in [-0.05, 0) is 18.0 Å². The Labute approximate surface area is 129 Å². The lowest BCUT2D eigenvalue weighted by molar-refractivity contribution is 0.0776. The maximum Gasteiger partial charge on any atom is 0.276 e. The number of amides is 1. The molecule has 1 aromatic carbocycles. The van der Waals surface area contributed by atoms with Crippen LogP contribution in [0.2, 0.25) is 0 Å². The van der Waals surface area contributed by atoms with E-state index in [9.17, 15) is 4.79 Å². The van der Waals surface area contributed by atoms with Crippen LogP contribution in [0.15, 0.2) is 47.2 Å². The average molecular weight is 308 g/mol. The number of hydrogen-bond acceptors (Lipinski definition) is 4. The van der Waals surface area contributed by atoms with Gasteiger partial charge >= 0.3 is 0 Å². The predicted molar refractivity (Wildman–Crippen MR) is 81.4 cm³/mol. The Morgan fingerprint density at radius 2 is 2.05 bits per heavy atom. The van der Waals surface area contributed by atoms with Gasteiger partial charge in [-0.25, -0.2) is 0 Å². The second-order valence-electron chi connectivity index (χ2n) is 5.11. The number of nitrogens with two attached hydrogens (primary N) is 1. The number of likely N-dealkylation sites (tertiary alicyclic amines) is 1. The van der Waals surface area contributed by atoms with Crippen LogP contribution in [0, 0.1) is 5.92 Å². The van der Waals surface area contributed by atoms with Gasteiger partial charge in [0.15, 0.2) is 5.69 Å². The number of nitrogens with zero attached hydrogens (tertiary/aromatic N) is 2. The highest BCUT2D eigenvalue weighted by atomic mass is 35.5. The summed E-state index contributed by atoms with van der Waals surface area (Å²) in [5.41, 5.74) is 7.46. The van der Waals surface area contributed by atoms with Gasteiger partial charge in [0.1, 0.15) is 6.26 Å². The van der Waals surface area contributed by atoms with Crippen LogP contribution in [-0.4, -0.2) is 35.6 Å². The molecule has 0 unspecified atom stereocenters. The summed E-state index contributed by atoms with van der Waals surface area (Å²) in [4.78, 5) is 14.1. The Morgan fingerprint density at radius 3 is 2.67 bits per heavy atom. The van der Waals surface area contributed by atoms with E-state index in [4.69, 9.17) is 10.3 Å². The number of carbonyl (C=O) groups is 1. The number of benzene rings is 1. The van der Waals surface area contributed by atoms with E-state index in [0.717, 1.165) is 0 Å². The monoisotopic (exact) mass is 307 g/mol. The van der Waals surface area contributed by atoms with Gasteiger partial charge in [0.05, 0.1) is 0 Å². The third-order valence-electron chi connectivity index (χ3n) is 3.92. The zero-order valence-electron chi connectivity index (χ0n) is 11.5. The highest BCUT2D eigenvalue weighted by molar-refractivity contribution is 5.92. The summed E-state index contributed by atoms with van der Waals surface area (Å²) in [7, 11) is 0. The summed E-state index contributed by atoms with van der Waals surface area (Å²) in [6, 6.07) is 11.8. The average Bonchev–Trinajstić information content (AvgIpc) is 3.17. The van der Waals surface area contributed by atoms with Crippen LogP contribution in [0.1, 0.15) is 22.0 Å². The molecule has 2 heterocycles. The lowest BCUT2D eigenvalue weighted by Gasteiger charge is -2.16. The third-order valence-corrected chi connectivity index (χ3v) is 3.92. The second kappa shape index (κ2) is 6.74. The standard InChI is InChI=1S/C15H17N3O2.ClH/c16-8-12-9-18(15(19)14-6-7-20-17-14)10-13(12)11-4-2-1-3-5-11;/h1-7,12-13H,8-10,16H2;1H/t12-,13+;/m1./s1. The van der Waals surface area contributed by atoms with Crippen molar-refractivity contribution in [1.82, 2.24) is 10.1 Å². The van der Waals surface area contributed by atoms with E-state index in [-0.39, 0.29) is 30.2 Å². The van der Waals surface area contributed by atoms with Crippen LogP contribution in [-0.2, 0) is 0 Å². The van der Waals surface area contributed by atoms with Gasteiger partial charge in [-0.3, -0.25) is 4.79 Å². The van der Waals surface area contributed by atoms with E-state index in [0.29, 0.717) is 25.3 Å². The lowest BCUT2D eigenvalue weighted by atomic mass is 9.89. The normalized spacial score (nSPS) is 21.1. The quantitative estimate of drug-likeness (QED) is 0.940. The first-order valence-corrected chi connectivity index (χ1v) is 6.74. The first-order valence-electron chi connectivity index (χ1n) is 6.74. The highest BCUT2D eigenvalue weighted by Crippen LogP contribution is 2.32. The van der Waals surface area contributed by atoms with Crippen molar-refractivity contribution in [2.24, 2.45) is 11.7 Å². The summed E-state index contributed by atoms with van der Waals surface area (Å²) in [6.45, 7) is 1.92. The number of aromatic nitrogens is 1. The minimum absolute atomic E-state index is 0. The van der Waals surface area contributed by atoms with Crippen LogP contribution in [0.25, 0.3) is 0 Å². The molecule has 1 aliphatic heterocycles. The third kappa shape index (κ3) is 3.09. The summed E-state index contributed by atoms with van der Waals surface area (Å²) in [5, 5.41) is 3.71. The Morgan fingerprint density at radius 1 is 1.29 bits per heavy atom.